The van der Waals surface area contributed by atoms with Crippen molar-refractivity contribution in [3.8, 4) is 0 Å². The number of carboxylic acid groups (broad SMARTS) is 1. The summed E-state index contributed by atoms with van der Waals surface area (Å²) in [5.74, 6) is -2.63. The lowest BCUT2D eigenvalue weighted by molar-refractivity contribution is -0.162. The van der Waals surface area contributed by atoms with Crippen LogP contribution in [0.3, 0.4) is 0 Å². The van der Waals surface area contributed by atoms with Gasteiger partial charge < -0.3 is 9.84 Å². The van der Waals surface area contributed by atoms with Crippen LogP contribution in [-0.4, -0.2) is 23.7 Å². The maximum atomic E-state index is 12.0. The maximum absolute atomic E-state index is 12.0. The average molecular weight is 240 g/mol. The van der Waals surface area contributed by atoms with Crippen molar-refractivity contribution < 1.29 is 19.4 Å². The molecule has 0 saturated carbocycles. The largest absolute Gasteiger partial charge is 0.481 e. The Morgan fingerprint density at radius 1 is 1.53 bits per heavy atom. The van der Waals surface area contributed by atoms with Crippen LogP contribution in [0.2, 0.25) is 0 Å². The van der Waals surface area contributed by atoms with Gasteiger partial charge in [0, 0.05) is 0 Å². The number of hydrogen-bond acceptors (Lipinski definition) is 3. The molecule has 1 rings (SSSR count). The summed E-state index contributed by atoms with van der Waals surface area (Å²) in [4.78, 5) is 23.2. The van der Waals surface area contributed by atoms with Gasteiger partial charge in [-0.25, -0.2) is 0 Å². The highest BCUT2D eigenvalue weighted by Gasteiger charge is 2.47. The lowest BCUT2D eigenvalue weighted by atomic mass is 9.63. The van der Waals surface area contributed by atoms with Crippen LogP contribution in [-0.2, 0) is 14.3 Å². The number of esters is 1. The molecule has 0 aromatic rings. The van der Waals surface area contributed by atoms with Crippen molar-refractivity contribution in [2.75, 3.05) is 6.61 Å². The van der Waals surface area contributed by atoms with Crippen molar-refractivity contribution in [1.29, 1.82) is 0 Å². The first-order valence-corrected chi connectivity index (χ1v) is 5.89. The molecule has 4 heteroatoms. The van der Waals surface area contributed by atoms with Gasteiger partial charge in [0.05, 0.1) is 18.4 Å². The van der Waals surface area contributed by atoms with E-state index in [4.69, 9.17) is 4.74 Å². The van der Waals surface area contributed by atoms with E-state index in [1.165, 1.54) is 0 Å². The molecule has 0 aromatic carbocycles. The van der Waals surface area contributed by atoms with E-state index in [1.807, 2.05) is 26.8 Å². The smallest absolute Gasteiger partial charge is 0.310 e. The highest BCUT2D eigenvalue weighted by molar-refractivity contribution is 5.83. The van der Waals surface area contributed by atoms with Gasteiger partial charge in [-0.1, -0.05) is 25.5 Å². The van der Waals surface area contributed by atoms with Crippen molar-refractivity contribution in [3.05, 3.63) is 11.6 Å². The molecule has 0 heterocycles. The second kappa shape index (κ2) is 4.90. The Labute approximate surface area is 102 Å². The second-order valence-corrected chi connectivity index (χ2v) is 5.02. The Kier molecular flexibility index (Phi) is 3.96. The molecule has 17 heavy (non-hydrogen) atoms. The molecule has 0 aliphatic heterocycles. The third-order valence-corrected chi connectivity index (χ3v) is 3.73. The number of allylic oxidation sites excluding steroid dienone is 2. The topological polar surface area (TPSA) is 63.6 Å². The number of carbonyl (C=O) groups excluding carboxylic acids is 1. The molecule has 0 fully saturated rings. The van der Waals surface area contributed by atoms with Crippen LogP contribution in [0.4, 0.5) is 0 Å². The van der Waals surface area contributed by atoms with E-state index in [0.717, 1.165) is 5.57 Å². The predicted octanol–water partition coefficient (Wildman–Crippen LogP) is 2.24. The number of ether oxygens (including phenoxy) is 1. The Balaban J connectivity index is 3.11. The molecule has 0 saturated heterocycles. The molecule has 1 aliphatic carbocycles. The van der Waals surface area contributed by atoms with Gasteiger partial charge in [0.1, 0.15) is 0 Å². The monoisotopic (exact) mass is 240 g/mol. The molecule has 1 N–H and O–H groups in total. The molecule has 0 amide bonds. The zero-order valence-corrected chi connectivity index (χ0v) is 10.8. The first-order valence-electron chi connectivity index (χ1n) is 5.89. The summed E-state index contributed by atoms with van der Waals surface area (Å²) in [6.07, 6.45) is 2.31. The van der Waals surface area contributed by atoms with Gasteiger partial charge in [0.15, 0.2) is 0 Å². The van der Waals surface area contributed by atoms with E-state index in [2.05, 4.69) is 0 Å². The van der Waals surface area contributed by atoms with Crippen molar-refractivity contribution in [2.45, 2.75) is 34.1 Å². The van der Waals surface area contributed by atoms with Gasteiger partial charge in [0.25, 0.3) is 0 Å². The predicted molar refractivity (Wildman–Crippen MR) is 63.4 cm³/mol. The minimum atomic E-state index is -0.931. The Morgan fingerprint density at radius 2 is 2.12 bits per heavy atom. The molecule has 1 aliphatic rings. The van der Waals surface area contributed by atoms with E-state index in [9.17, 15) is 14.7 Å². The number of hydrogen-bond donors (Lipinski definition) is 1. The van der Waals surface area contributed by atoms with Crippen molar-refractivity contribution >= 4 is 11.9 Å². The first kappa shape index (κ1) is 13.7. The Hall–Kier alpha value is -1.32. The van der Waals surface area contributed by atoms with Crippen LogP contribution in [0, 0.1) is 17.3 Å². The first-order chi connectivity index (χ1) is 7.82. The molecule has 0 spiro atoms. The highest BCUT2D eigenvalue weighted by Crippen LogP contribution is 2.45. The maximum Gasteiger partial charge on any atom is 0.310 e. The molecular weight excluding hydrogens is 220 g/mol. The number of rotatable bonds is 3. The van der Waals surface area contributed by atoms with E-state index >= 15 is 0 Å². The zero-order valence-electron chi connectivity index (χ0n) is 10.8. The average Bonchev–Trinajstić information content (AvgIpc) is 2.21. The van der Waals surface area contributed by atoms with Gasteiger partial charge in [-0.15, -0.1) is 0 Å². The lowest BCUT2D eigenvalue weighted by Gasteiger charge is -2.40. The molecule has 0 bridgehead atoms. The summed E-state index contributed by atoms with van der Waals surface area (Å²) in [5, 5.41) is 9.21. The summed E-state index contributed by atoms with van der Waals surface area (Å²) in [6, 6.07) is 0. The fraction of sp³-hybridized carbons (Fsp3) is 0.692. The SMILES string of the molecule is CCOC(=O)[C@@H]1[C@H](C(=O)O)CC=C(C)C1(C)C. The number of carbonyl (C=O) groups is 2. The van der Waals surface area contributed by atoms with Crippen molar-refractivity contribution in [2.24, 2.45) is 17.3 Å². The van der Waals surface area contributed by atoms with Gasteiger partial charge in [-0.2, -0.15) is 0 Å². The Bertz CT molecular complexity index is 354. The van der Waals surface area contributed by atoms with E-state index < -0.39 is 29.2 Å². The van der Waals surface area contributed by atoms with E-state index in [1.54, 1.807) is 6.92 Å². The van der Waals surface area contributed by atoms with Crippen molar-refractivity contribution in [3.63, 3.8) is 0 Å². The van der Waals surface area contributed by atoms with Gasteiger partial charge in [-0.05, 0) is 25.7 Å². The molecule has 4 nitrogen and oxygen atoms in total. The summed E-state index contributed by atoms with van der Waals surface area (Å²) >= 11 is 0. The summed E-state index contributed by atoms with van der Waals surface area (Å²) in [7, 11) is 0. The summed E-state index contributed by atoms with van der Waals surface area (Å²) < 4.78 is 5.02. The third kappa shape index (κ3) is 2.51. The molecule has 0 aromatic heterocycles. The molecule has 2 atom stereocenters. The van der Waals surface area contributed by atoms with Crippen LogP contribution in [0.25, 0.3) is 0 Å². The third-order valence-electron chi connectivity index (χ3n) is 3.73. The summed E-state index contributed by atoms with van der Waals surface area (Å²) in [5.41, 5.74) is 0.584. The van der Waals surface area contributed by atoms with Crippen LogP contribution in [0.1, 0.15) is 34.1 Å². The Morgan fingerprint density at radius 3 is 2.59 bits per heavy atom. The number of aliphatic carboxylic acids is 1. The zero-order chi connectivity index (χ0) is 13.2. The van der Waals surface area contributed by atoms with E-state index in [-0.39, 0.29) is 6.61 Å². The highest BCUT2D eigenvalue weighted by atomic mass is 16.5. The number of carboxylic acids is 1. The molecule has 0 unspecified atom stereocenters. The van der Waals surface area contributed by atoms with Crippen LogP contribution in [0.5, 0.6) is 0 Å². The second-order valence-electron chi connectivity index (χ2n) is 5.02. The van der Waals surface area contributed by atoms with Crippen LogP contribution >= 0.6 is 0 Å². The van der Waals surface area contributed by atoms with Crippen LogP contribution in [0.15, 0.2) is 11.6 Å². The molecular formula is C13H20O4. The van der Waals surface area contributed by atoms with Gasteiger partial charge in [0.2, 0.25) is 0 Å². The minimum Gasteiger partial charge on any atom is -0.481 e. The quantitative estimate of drug-likeness (QED) is 0.607. The molecule has 0 radical (unpaired) electrons. The van der Waals surface area contributed by atoms with Crippen molar-refractivity contribution in [1.82, 2.24) is 0 Å². The molecule has 96 valence electrons. The summed E-state index contributed by atoms with van der Waals surface area (Å²) in [6.45, 7) is 7.74. The van der Waals surface area contributed by atoms with E-state index in [0.29, 0.717) is 6.42 Å². The fourth-order valence-electron chi connectivity index (χ4n) is 2.39. The normalized spacial score (nSPS) is 27.2. The van der Waals surface area contributed by atoms with Gasteiger partial charge in [-0.3, -0.25) is 9.59 Å². The fourth-order valence-corrected chi connectivity index (χ4v) is 2.39. The van der Waals surface area contributed by atoms with Crippen LogP contribution < -0.4 is 0 Å². The lowest BCUT2D eigenvalue weighted by Crippen LogP contribution is -2.44. The standard InChI is InChI=1S/C13H20O4/c1-5-17-12(16)10-9(11(14)15)7-6-8(2)13(10,3)4/h6,9-10H,5,7H2,1-4H3,(H,14,15)/t9-,10+/m1/s1. The minimum absolute atomic E-state index is 0.278. The van der Waals surface area contributed by atoms with Gasteiger partial charge >= 0.3 is 11.9 Å².